The van der Waals surface area contributed by atoms with Crippen molar-refractivity contribution in [2.45, 2.75) is 52.0 Å². The van der Waals surface area contributed by atoms with Gasteiger partial charge in [0.1, 0.15) is 5.82 Å². The van der Waals surface area contributed by atoms with E-state index >= 15 is 0 Å². The SMILES string of the molecule is CC.Cc1cc2c(cc1F)C1CC(C1)c1c-2nc(C(N)=O)n1Cc1ccnn1C. The molecule has 2 aromatic heterocycles. The Bertz CT molecular complexity index is 1090. The van der Waals surface area contributed by atoms with Crippen LogP contribution in [0.15, 0.2) is 24.4 Å². The summed E-state index contributed by atoms with van der Waals surface area (Å²) in [5.41, 5.74) is 10.9. The number of aryl methyl sites for hydroxylation is 2. The van der Waals surface area contributed by atoms with Gasteiger partial charge < -0.3 is 10.3 Å². The number of nitrogens with zero attached hydrogens (tertiary/aromatic N) is 4. The van der Waals surface area contributed by atoms with Crippen LogP contribution in [0.1, 0.15) is 71.7 Å². The Labute approximate surface area is 169 Å². The van der Waals surface area contributed by atoms with Gasteiger partial charge in [-0.3, -0.25) is 9.48 Å². The highest BCUT2D eigenvalue weighted by Crippen LogP contribution is 2.55. The molecule has 2 bridgehead atoms. The number of halogens is 1. The monoisotopic (exact) mass is 395 g/mol. The zero-order valence-electron chi connectivity index (χ0n) is 17.2. The van der Waals surface area contributed by atoms with Crippen LogP contribution in [0, 0.1) is 12.7 Å². The Hall–Kier alpha value is -2.96. The Kier molecular flexibility index (Phi) is 4.76. The predicted molar refractivity (Wildman–Crippen MR) is 109 cm³/mol. The van der Waals surface area contributed by atoms with Crippen LogP contribution in [0.5, 0.6) is 0 Å². The smallest absolute Gasteiger partial charge is 0.284 e. The van der Waals surface area contributed by atoms with E-state index in [2.05, 4.69) is 10.1 Å². The number of primary amides is 1. The largest absolute Gasteiger partial charge is 0.363 e. The average molecular weight is 395 g/mol. The van der Waals surface area contributed by atoms with Crippen molar-refractivity contribution < 1.29 is 9.18 Å². The van der Waals surface area contributed by atoms with Crippen LogP contribution in [0.25, 0.3) is 11.3 Å². The minimum Gasteiger partial charge on any atom is -0.363 e. The maximum Gasteiger partial charge on any atom is 0.284 e. The zero-order chi connectivity index (χ0) is 20.9. The van der Waals surface area contributed by atoms with Crippen LogP contribution in [-0.2, 0) is 13.6 Å². The van der Waals surface area contributed by atoms with Crippen LogP contribution in [0.2, 0.25) is 0 Å². The van der Waals surface area contributed by atoms with E-state index in [-0.39, 0.29) is 11.6 Å². The van der Waals surface area contributed by atoms with E-state index in [9.17, 15) is 9.18 Å². The van der Waals surface area contributed by atoms with Crippen LogP contribution >= 0.6 is 0 Å². The highest BCUT2D eigenvalue weighted by atomic mass is 19.1. The summed E-state index contributed by atoms with van der Waals surface area (Å²) >= 11 is 0. The topological polar surface area (TPSA) is 78.7 Å². The summed E-state index contributed by atoms with van der Waals surface area (Å²) in [4.78, 5) is 16.8. The van der Waals surface area contributed by atoms with Gasteiger partial charge in [0, 0.05) is 30.4 Å². The third kappa shape index (κ3) is 2.96. The van der Waals surface area contributed by atoms with Crippen molar-refractivity contribution in [3.05, 3.63) is 58.6 Å². The number of amides is 1. The Morgan fingerprint density at radius 3 is 2.62 bits per heavy atom. The van der Waals surface area contributed by atoms with Gasteiger partial charge in [-0.05, 0) is 55.0 Å². The summed E-state index contributed by atoms with van der Waals surface area (Å²) in [6.07, 6.45) is 3.62. The normalized spacial score (nSPS) is 18.7. The molecular weight excluding hydrogens is 369 g/mol. The van der Waals surface area contributed by atoms with Gasteiger partial charge in [-0.15, -0.1) is 0 Å². The second kappa shape index (κ2) is 7.13. The number of hydrogen-bond donors (Lipinski definition) is 1. The number of carbonyl (C=O) groups is 1. The van der Waals surface area contributed by atoms with Crippen molar-refractivity contribution in [3.8, 4) is 11.3 Å². The molecular formula is C22H26FN5O. The molecule has 3 aliphatic rings. The molecule has 0 radical (unpaired) electrons. The predicted octanol–water partition coefficient (Wildman–Crippen LogP) is 3.88. The average Bonchev–Trinajstić information content (AvgIpc) is 3.17. The first kappa shape index (κ1) is 19.4. The van der Waals surface area contributed by atoms with Crippen LogP contribution < -0.4 is 5.73 Å². The van der Waals surface area contributed by atoms with Gasteiger partial charge in [0.25, 0.3) is 5.91 Å². The molecule has 7 heteroatoms. The van der Waals surface area contributed by atoms with Crippen LogP contribution in [-0.4, -0.2) is 25.2 Å². The molecule has 0 spiro atoms. The fourth-order valence-electron chi connectivity index (χ4n) is 4.48. The van der Waals surface area contributed by atoms with Gasteiger partial charge in [0.05, 0.1) is 17.9 Å². The minimum absolute atomic E-state index is 0.190. The molecule has 1 aromatic carbocycles. The van der Waals surface area contributed by atoms with E-state index in [4.69, 9.17) is 5.73 Å². The molecule has 2 N–H and O–H groups in total. The van der Waals surface area contributed by atoms with Crippen molar-refractivity contribution in [2.75, 3.05) is 0 Å². The number of imidazole rings is 1. The first-order valence-electron chi connectivity index (χ1n) is 10.1. The van der Waals surface area contributed by atoms with E-state index in [1.165, 1.54) is 0 Å². The van der Waals surface area contributed by atoms with Crippen molar-refractivity contribution >= 4 is 5.91 Å². The molecule has 1 amide bonds. The lowest BCUT2D eigenvalue weighted by Gasteiger charge is -2.34. The summed E-state index contributed by atoms with van der Waals surface area (Å²) in [7, 11) is 1.87. The van der Waals surface area contributed by atoms with Gasteiger partial charge in [0.15, 0.2) is 5.82 Å². The Balaban J connectivity index is 0.000000994. The van der Waals surface area contributed by atoms with Crippen molar-refractivity contribution in [2.24, 2.45) is 12.8 Å². The second-order valence-electron chi connectivity index (χ2n) is 7.62. The minimum atomic E-state index is -0.554. The van der Waals surface area contributed by atoms with Gasteiger partial charge >= 0.3 is 0 Å². The standard InChI is InChI=1S/C20H20FN5O.C2H6/c1-10-5-15-14(8-16(10)21)11-6-12(7-11)18-17(15)24-20(19(22)27)26(18)9-13-3-4-23-25(13)2;1-2/h3-5,8,11-12H,6-7,9H2,1-2H3,(H2,22,27);1-2H3. The molecule has 0 saturated heterocycles. The molecule has 152 valence electrons. The Morgan fingerprint density at radius 1 is 1.28 bits per heavy atom. The summed E-state index contributed by atoms with van der Waals surface area (Å²) in [5, 5.41) is 4.21. The van der Waals surface area contributed by atoms with Crippen molar-refractivity contribution in [1.29, 1.82) is 0 Å². The second-order valence-corrected chi connectivity index (χ2v) is 7.62. The molecule has 0 aliphatic heterocycles. The molecule has 2 heterocycles. The van der Waals surface area contributed by atoms with Crippen LogP contribution in [0.4, 0.5) is 4.39 Å². The lowest BCUT2D eigenvalue weighted by atomic mass is 9.71. The molecule has 1 fully saturated rings. The lowest BCUT2D eigenvalue weighted by Crippen LogP contribution is -2.25. The molecule has 6 rings (SSSR count). The number of carbonyl (C=O) groups excluding carboxylic acids is 1. The first-order chi connectivity index (χ1) is 13.9. The molecule has 3 aromatic rings. The van der Waals surface area contributed by atoms with E-state index in [0.717, 1.165) is 41.1 Å². The maximum absolute atomic E-state index is 14.2. The maximum atomic E-state index is 14.2. The number of hydrogen-bond acceptors (Lipinski definition) is 3. The molecule has 29 heavy (non-hydrogen) atoms. The van der Waals surface area contributed by atoms with Crippen molar-refractivity contribution in [1.82, 2.24) is 19.3 Å². The number of rotatable bonds is 3. The molecule has 0 atom stereocenters. The third-order valence-corrected chi connectivity index (χ3v) is 6.02. The zero-order valence-corrected chi connectivity index (χ0v) is 17.2. The molecule has 3 aliphatic carbocycles. The highest BCUT2D eigenvalue weighted by Gasteiger charge is 2.42. The van der Waals surface area contributed by atoms with Gasteiger partial charge in [-0.25, -0.2) is 9.37 Å². The van der Waals surface area contributed by atoms with E-state index in [1.54, 1.807) is 23.9 Å². The summed E-state index contributed by atoms with van der Waals surface area (Å²) in [5.74, 6) is 0.150. The molecule has 1 saturated carbocycles. The number of nitrogens with two attached hydrogens (primary N) is 1. The van der Waals surface area contributed by atoms with Gasteiger partial charge in [0.2, 0.25) is 0 Å². The summed E-state index contributed by atoms with van der Waals surface area (Å²) in [6, 6.07) is 5.42. The van der Waals surface area contributed by atoms with E-state index in [0.29, 0.717) is 23.9 Å². The van der Waals surface area contributed by atoms with E-state index < -0.39 is 5.91 Å². The highest BCUT2D eigenvalue weighted by molar-refractivity contribution is 5.91. The van der Waals surface area contributed by atoms with Gasteiger partial charge in [-0.1, -0.05) is 13.8 Å². The fraction of sp³-hybridized carbons (Fsp3) is 0.409. The fourth-order valence-corrected chi connectivity index (χ4v) is 4.48. The summed E-state index contributed by atoms with van der Waals surface area (Å²) in [6.45, 7) is 6.24. The molecule has 6 nitrogen and oxygen atoms in total. The lowest BCUT2D eigenvalue weighted by molar-refractivity contribution is 0.0986. The quantitative estimate of drug-likeness (QED) is 0.731. The van der Waals surface area contributed by atoms with Gasteiger partial charge in [-0.2, -0.15) is 5.10 Å². The Morgan fingerprint density at radius 2 is 2.00 bits per heavy atom. The van der Waals surface area contributed by atoms with E-state index in [1.807, 2.05) is 37.6 Å². The van der Waals surface area contributed by atoms with Crippen molar-refractivity contribution in [3.63, 3.8) is 0 Å². The number of benzene rings is 1. The summed E-state index contributed by atoms with van der Waals surface area (Å²) < 4.78 is 17.9. The first-order valence-corrected chi connectivity index (χ1v) is 10.1. The number of aromatic nitrogens is 4. The molecule has 0 unspecified atom stereocenters. The third-order valence-electron chi connectivity index (χ3n) is 6.02. The van der Waals surface area contributed by atoms with Crippen LogP contribution in [0.3, 0.4) is 0 Å².